The average Bonchev–Trinajstić information content (AvgIpc) is 3.07. The molecule has 3 aromatic carbocycles. The molecule has 1 N–H and O–H groups in total. The number of fused-ring (bicyclic) bond motifs is 1. The van der Waals surface area contributed by atoms with E-state index in [9.17, 15) is 4.79 Å². The lowest BCUT2D eigenvalue weighted by atomic mass is 10.0. The lowest BCUT2D eigenvalue weighted by Gasteiger charge is -2.12. The first-order valence-corrected chi connectivity index (χ1v) is 9.58. The molecule has 0 aliphatic carbocycles. The van der Waals surface area contributed by atoms with Crippen LogP contribution in [0.1, 0.15) is 22.3 Å². The molecule has 0 aromatic heterocycles. The summed E-state index contributed by atoms with van der Waals surface area (Å²) in [5.74, 6) is 0.979. The summed E-state index contributed by atoms with van der Waals surface area (Å²) in [6.07, 6.45) is 1.81. The maximum Gasteiger partial charge on any atom is 0.256 e. The summed E-state index contributed by atoms with van der Waals surface area (Å²) in [5.41, 5.74) is 4.44. The SMILES string of the molecule is COc1cc(/C=C2/C(=O)Nc3cc(Cl)ccc32)ccc1OCc1ccc(C#N)cc1. The third kappa shape index (κ3) is 4.00. The lowest BCUT2D eigenvalue weighted by Crippen LogP contribution is -2.03. The number of halogens is 1. The number of carbonyl (C=O) groups excluding carboxylic acids is 1. The maximum atomic E-state index is 12.4. The highest BCUT2D eigenvalue weighted by atomic mass is 35.5. The second kappa shape index (κ2) is 8.32. The number of ether oxygens (including phenoxy) is 2. The molecule has 4 rings (SSSR count). The van der Waals surface area contributed by atoms with Gasteiger partial charge in [0.15, 0.2) is 11.5 Å². The van der Waals surface area contributed by atoms with Gasteiger partial charge in [-0.3, -0.25) is 4.79 Å². The second-order valence-electron chi connectivity index (χ2n) is 6.71. The first-order valence-electron chi connectivity index (χ1n) is 9.20. The Morgan fingerprint density at radius 1 is 1.07 bits per heavy atom. The van der Waals surface area contributed by atoms with Gasteiger partial charge in [0.05, 0.1) is 24.4 Å². The Morgan fingerprint density at radius 3 is 2.60 bits per heavy atom. The fraction of sp³-hybridized carbons (Fsp3) is 0.0833. The van der Waals surface area contributed by atoms with Gasteiger partial charge in [-0.1, -0.05) is 35.9 Å². The van der Waals surface area contributed by atoms with E-state index in [1.54, 1.807) is 31.4 Å². The summed E-state index contributed by atoms with van der Waals surface area (Å²) in [6.45, 7) is 0.346. The first-order chi connectivity index (χ1) is 14.6. The minimum absolute atomic E-state index is 0.174. The Morgan fingerprint density at radius 2 is 1.87 bits per heavy atom. The van der Waals surface area contributed by atoms with Crippen LogP contribution in [0.15, 0.2) is 60.7 Å². The van der Waals surface area contributed by atoms with Gasteiger partial charge in [0.25, 0.3) is 5.91 Å². The van der Waals surface area contributed by atoms with E-state index in [1.165, 1.54) is 0 Å². The molecule has 0 bridgehead atoms. The number of nitrogens with zero attached hydrogens (tertiary/aromatic N) is 1. The highest BCUT2D eigenvalue weighted by Crippen LogP contribution is 2.36. The van der Waals surface area contributed by atoms with Crippen molar-refractivity contribution in [3.63, 3.8) is 0 Å². The smallest absolute Gasteiger partial charge is 0.256 e. The van der Waals surface area contributed by atoms with Crippen LogP contribution in [0.4, 0.5) is 5.69 Å². The maximum absolute atomic E-state index is 12.4. The van der Waals surface area contributed by atoms with Gasteiger partial charge in [-0.2, -0.15) is 5.26 Å². The van der Waals surface area contributed by atoms with Gasteiger partial charge in [-0.25, -0.2) is 0 Å². The number of rotatable bonds is 5. The number of carbonyl (C=O) groups is 1. The van der Waals surface area contributed by atoms with Gasteiger partial charge in [0.2, 0.25) is 0 Å². The van der Waals surface area contributed by atoms with Crippen molar-refractivity contribution in [1.82, 2.24) is 0 Å². The van der Waals surface area contributed by atoms with E-state index in [4.69, 9.17) is 26.3 Å². The molecule has 1 aliphatic heterocycles. The monoisotopic (exact) mass is 416 g/mol. The van der Waals surface area contributed by atoms with E-state index in [-0.39, 0.29) is 5.91 Å². The van der Waals surface area contributed by atoms with Crippen molar-refractivity contribution in [1.29, 1.82) is 5.26 Å². The highest BCUT2D eigenvalue weighted by Gasteiger charge is 2.24. The number of nitrogens with one attached hydrogen (secondary N) is 1. The van der Waals surface area contributed by atoms with Crippen LogP contribution >= 0.6 is 11.6 Å². The number of amides is 1. The normalized spacial score (nSPS) is 13.5. The standard InChI is InChI=1S/C24H17ClN2O3/c1-29-23-11-17(10-20-19-8-7-18(25)12-21(19)27-24(20)28)6-9-22(23)30-14-16-4-2-15(13-26)3-5-16/h2-12H,14H2,1H3,(H,27,28)/b20-10+. The van der Waals surface area contributed by atoms with Crippen molar-refractivity contribution < 1.29 is 14.3 Å². The second-order valence-corrected chi connectivity index (χ2v) is 7.15. The highest BCUT2D eigenvalue weighted by molar-refractivity contribution is 6.36. The molecule has 0 radical (unpaired) electrons. The molecule has 1 heterocycles. The van der Waals surface area contributed by atoms with Gasteiger partial charge in [0, 0.05) is 16.2 Å². The zero-order valence-corrected chi connectivity index (χ0v) is 16.9. The molecule has 0 fully saturated rings. The number of hydrogen-bond donors (Lipinski definition) is 1. The van der Waals surface area contributed by atoms with Crippen LogP contribution in [-0.2, 0) is 11.4 Å². The van der Waals surface area contributed by atoms with E-state index in [0.717, 1.165) is 16.7 Å². The number of nitriles is 1. The topological polar surface area (TPSA) is 71.3 Å². The van der Waals surface area contributed by atoms with Crippen LogP contribution in [-0.4, -0.2) is 13.0 Å². The summed E-state index contributed by atoms with van der Waals surface area (Å²) in [7, 11) is 1.57. The number of anilines is 1. The molecule has 5 nitrogen and oxygen atoms in total. The predicted octanol–water partition coefficient (Wildman–Crippen LogP) is 5.29. The molecule has 148 valence electrons. The van der Waals surface area contributed by atoms with E-state index in [0.29, 0.717) is 40.0 Å². The van der Waals surface area contributed by atoms with Crippen molar-refractivity contribution in [2.45, 2.75) is 6.61 Å². The van der Waals surface area contributed by atoms with Crippen molar-refractivity contribution in [2.24, 2.45) is 0 Å². The number of benzene rings is 3. The minimum Gasteiger partial charge on any atom is -0.493 e. The Balaban J connectivity index is 1.56. The van der Waals surface area contributed by atoms with Gasteiger partial charge in [-0.15, -0.1) is 0 Å². The van der Waals surface area contributed by atoms with Crippen molar-refractivity contribution in [3.05, 3.63) is 87.9 Å². The average molecular weight is 417 g/mol. The molecule has 0 saturated carbocycles. The minimum atomic E-state index is -0.174. The summed E-state index contributed by atoms with van der Waals surface area (Å²) in [6, 6.07) is 20.1. The summed E-state index contributed by atoms with van der Waals surface area (Å²) in [5, 5.41) is 12.3. The number of methoxy groups -OCH3 is 1. The number of hydrogen-bond acceptors (Lipinski definition) is 4. The Bertz CT molecular complexity index is 1190. The first kappa shape index (κ1) is 19.6. The fourth-order valence-corrected chi connectivity index (χ4v) is 3.38. The molecule has 0 spiro atoms. The van der Waals surface area contributed by atoms with Crippen LogP contribution in [0.2, 0.25) is 5.02 Å². The third-order valence-electron chi connectivity index (χ3n) is 4.74. The molecule has 1 aliphatic rings. The summed E-state index contributed by atoms with van der Waals surface area (Å²) >= 11 is 6.01. The van der Waals surface area contributed by atoms with Crippen LogP contribution in [0.3, 0.4) is 0 Å². The van der Waals surface area contributed by atoms with E-state index < -0.39 is 0 Å². The Kier molecular flexibility index (Phi) is 5.42. The van der Waals surface area contributed by atoms with Crippen molar-refractivity contribution in [2.75, 3.05) is 12.4 Å². The van der Waals surface area contributed by atoms with E-state index in [2.05, 4.69) is 11.4 Å². The van der Waals surface area contributed by atoms with Crippen LogP contribution in [0.5, 0.6) is 11.5 Å². The van der Waals surface area contributed by atoms with Crippen LogP contribution in [0, 0.1) is 11.3 Å². The van der Waals surface area contributed by atoms with E-state index in [1.807, 2.05) is 42.5 Å². The Labute approximate surface area is 179 Å². The van der Waals surface area contributed by atoms with Crippen molar-refractivity contribution >= 4 is 34.8 Å². The molecule has 0 saturated heterocycles. The predicted molar refractivity (Wildman–Crippen MR) is 116 cm³/mol. The fourth-order valence-electron chi connectivity index (χ4n) is 3.21. The molecule has 6 heteroatoms. The van der Waals surface area contributed by atoms with Crippen LogP contribution in [0.25, 0.3) is 11.6 Å². The van der Waals surface area contributed by atoms with Gasteiger partial charge < -0.3 is 14.8 Å². The zero-order chi connectivity index (χ0) is 21.1. The van der Waals surface area contributed by atoms with Gasteiger partial charge in [-0.05, 0) is 53.6 Å². The molecule has 3 aromatic rings. The quantitative estimate of drug-likeness (QED) is 0.573. The largest absolute Gasteiger partial charge is 0.493 e. The molecule has 30 heavy (non-hydrogen) atoms. The summed E-state index contributed by atoms with van der Waals surface area (Å²) < 4.78 is 11.4. The molecular formula is C24H17ClN2O3. The summed E-state index contributed by atoms with van der Waals surface area (Å²) in [4.78, 5) is 12.4. The molecule has 0 atom stereocenters. The van der Waals surface area contributed by atoms with Crippen molar-refractivity contribution in [3.8, 4) is 17.6 Å². The third-order valence-corrected chi connectivity index (χ3v) is 4.98. The molecule has 1 amide bonds. The van der Waals surface area contributed by atoms with Crippen LogP contribution < -0.4 is 14.8 Å². The molecule has 0 unspecified atom stereocenters. The van der Waals surface area contributed by atoms with Gasteiger partial charge in [0.1, 0.15) is 6.61 Å². The van der Waals surface area contributed by atoms with E-state index >= 15 is 0 Å². The zero-order valence-electron chi connectivity index (χ0n) is 16.1. The lowest BCUT2D eigenvalue weighted by molar-refractivity contribution is -0.110. The van der Waals surface area contributed by atoms with Gasteiger partial charge >= 0.3 is 0 Å². The molecular weight excluding hydrogens is 400 g/mol. The Hall–Kier alpha value is -3.75.